The van der Waals surface area contributed by atoms with Crippen molar-refractivity contribution in [3.63, 3.8) is 0 Å². The van der Waals surface area contributed by atoms with Gasteiger partial charge in [-0.15, -0.1) is 0 Å². The number of anilines is 1. The van der Waals surface area contributed by atoms with Crippen molar-refractivity contribution in [3.8, 4) is 0 Å². The van der Waals surface area contributed by atoms with E-state index >= 15 is 0 Å². The molecule has 0 aliphatic rings. The molecule has 0 atom stereocenters. The van der Waals surface area contributed by atoms with E-state index in [1.54, 1.807) is 6.20 Å². The van der Waals surface area contributed by atoms with Crippen molar-refractivity contribution in [3.05, 3.63) is 23.9 Å². The minimum absolute atomic E-state index is 0.361. The van der Waals surface area contributed by atoms with E-state index in [4.69, 9.17) is 0 Å². The van der Waals surface area contributed by atoms with E-state index in [1.807, 2.05) is 25.1 Å². The predicted molar refractivity (Wildman–Crippen MR) is 81.7 cm³/mol. The van der Waals surface area contributed by atoms with E-state index in [0.29, 0.717) is 12.6 Å². The zero-order valence-electron chi connectivity index (χ0n) is 12.6. The monoisotopic (exact) mass is 263 g/mol. The summed E-state index contributed by atoms with van der Waals surface area (Å²) >= 11 is 0. The van der Waals surface area contributed by atoms with E-state index in [0.717, 1.165) is 23.9 Å². The summed E-state index contributed by atoms with van der Waals surface area (Å²) in [7, 11) is 3.99. The number of nitrogens with zero attached hydrogens (tertiary/aromatic N) is 3. The Labute approximate surface area is 116 Å². The average molecular weight is 263 g/mol. The summed E-state index contributed by atoms with van der Waals surface area (Å²) in [6, 6.07) is 4.37. The first-order valence-corrected chi connectivity index (χ1v) is 6.70. The van der Waals surface area contributed by atoms with Crippen LogP contribution in [-0.4, -0.2) is 37.6 Å². The summed E-state index contributed by atoms with van der Waals surface area (Å²) in [6.45, 7) is 7.73. The number of hydrogen-bond acceptors (Lipinski definition) is 3. The maximum absolute atomic E-state index is 4.59. The maximum Gasteiger partial charge on any atom is 0.191 e. The molecular weight excluding hydrogens is 238 g/mol. The zero-order valence-corrected chi connectivity index (χ0v) is 12.6. The lowest BCUT2D eigenvalue weighted by Gasteiger charge is -2.16. The Bertz CT molecular complexity index is 412. The minimum Gasteiger partial charge on any atom is -0.362 e. The van der Waals surface area contributed by atoms with Crippen molar-refractivity contribution in [2.24, 2.45) is 4.99 Å². The topological polar surface area (TPSA) is 52.6 Å². The fourth-order valence-corrected chi connectivity index (χ4v) is 1.71. The number of hydrogen-bond donors (Lipinski definition) is 2. The quantitative estimate of drug-likeness (QED) is 0.626. The van der Waals surface area contributed by atoms with Gasteiger partial charge in [-0.05, 0) is 26.8 Å². The molecule has 19 heavy (non-hydrogen) atoms. The Kier molecular flexibility index (Phi) is 6.12. The molecular formula is C14H25N5. The second kappa shape index (κ2) is 7.61. The first-order chi connectivity index (χ1) is 9.04. The van der Waals surface area contributed by atoms with Crippen LogP contribution in [0.5, 0.6) is 0 Å². The van der Waals surface area contributed by atoms with Gasteiger partial charge in [0.25, 0.3) is 0 Å². The van der Waals surface area contributed by atoms with E-state index in [1.165, 1.54) is 0 Å². The summed E-state index contributed by atoms with van der Waals surface area (Å²) in [6.07, 6.45) is 1.81. The van der Waals surface area contributed by atoms with Crippen LogP contribution >= 0.6 is 0 Å². The highest BCUT2D eigenvalue weighted by Crippen LogP contribution is 2.15. The van der Waals surface area contributed by atoms with E-state index < -0.39 is 0 Å². The Morgan fingerprint density at radius 2 is 2.16 bits per heavy atom. The van der Waals surface area contributed by atoms with Crippen LogP contribution in [0.3, 0.4) is 0 Å². The minimum atomic E-state index is 0.361. The van der Waals surface area contributed by atoms with Crippen molar-refractivity contribution in [1.29, 1.82) is 0 Å². The van der Waals surface area contributed by atoms with Crippen LogP contribution < -0.4 is 15.5 Å². The largest absolute Gasteiger partial charge is 0.362 e. The van der Waals surface area contributed by atoms with E-state index in [9.17, 15) is 0 Å². The van der Waals surface area contributed by atoms with Crippen LogP contribution in [0.1, 0.15) is 26.3 Å². The lowest BCUT2D eigenvalue weighted by Crippen LogP contribution is -2.41. The first-order valence-electron chi connectivity index (χ1n) is 6.70. The van der Waals surface area contributed by atoms with Crippen LogP contribution in [0.2, 0.25) is 0 Å². The summed E-state index contributed by atoms with van der Waals surface area (Å²) < 4.78 is 0. The average Bonchev–Trinajstić information content (AvgIpc) is 2.36. The van der Waals surface area contributed by atoms with Gasteiger partial charge in [0, 0.05) is 38.4 Å². The maximum atomic E-state index is 4.59. The molecule has 106 valence electrons. The van der Waals surface area contributed by atoms with Gasteiger partial charge >= 0.3 is 0 Å². The Morgan fingerprint density at radius 1 is 1.42 bits per heavy atom. The Morgan fingerprint density at radius 3 is 2.74 bits per heavy atom. The summed E-state index contributed by atoms with van der Waals surface area (Å²) in [5.41, 5.74) is 1.12. The molecule has 0 spiro atoms. The van der Waals surface area contributed by atoms with Crippen molar-refractivity contribution in [1.82, 2.24) is 15.6 Å². The molecule has 5 heteroatoms. The number of aliphatic imine (C=N–C) groups is 1. The zero-order chi connectivity index (χ0) is 14.3. The normalized spacial score (nSPS) is 11.6. The third kappa shape index (κ3) is 5.16. The summed E-state index contributed by atoms with van der Waals surface area (Å²) in [5.74, 6) is 1.80. The van der Waals surface area contributed by atoms with Crippen LogP contribution in [0.4, 0.5) is 5.82 Å². The van der Waals surface area contributed by atoms with Crippen molar-refractivity contribution in [2.75, 3.05) is 25.5 Å². The highest BCUT2D eigenvalue weighted by Gasteiger charge is 2.05. The molecule has 1 aromatic rings. The SMILES string of the molecule is CCNC(=NCc1cccnc1N(C)C)NC(C)C. The predicted octanol–water partition coefficient (Wildman–Crippen LogP) is 1.61. The Balaban J connectivity index is 2.82. The number of guanidine groups is 1. The first kappa shape index (κ1) is 15.3. The smallest absolute Gasteiger partial charge is 0.191 e. The third-order valence-corrected chi connectivity index (χ3v) is 2.47. The molecule has 5 nitrogen and oxygen atoms in total. The van der Waals surface area contributed by atoms with Crippen molar-refractivity contribution >= 4 is 11.8 Å². The molecule has 1 rings (SSSR count). The summed E-state index contributed by atoms with van der Waals surface area (Å²) in [4.78, 5) is 11.0. The molecule has 0 bridgehead atoms. The third-order valence-electron chi connectivity index (χ3n) is 2.47. The van der Waals surface area contributed by atoms with Crippen LogP contribution in [0.25, 0.3) is 0 Å². The molecule has 0 amide bonds. The molecule has 0 aliphatic heterocycles. The molecule has 0 saturated carbocycles. The van der Waals surface area contributed by atoms with Crippen LogP contribution in [0, 0.1) is 0 Å². The standard InChI is InChI=1S/C14H25N5/c1-6-15-14(18-11(2)3)17-10-12-8-7-9-16-13(12)19(4)5/h7-9,11H,6,10H2,1-5H3,(H2,15,17,18). The van der Waals surface area contributed by atoms with Gasteiger partial charge in [0.05, 0.1) is 6.54 Å². The van der Waals surface area contributed by atoms with Gasteiger partial charge < -0.3 is 15.5 Å². The molecule has 1 heterocycles. The molecule has 0 aliphatic carbocycles. The number of nitrogens with one attached hydrogen (secondary N) is 2. The van der Waals surface area contributed by atoms with Gasteiger partial charge in [0.15, 0.2) is 5.96 Å². The second-order valence-corrected chi connectivity index (χ2v) is 4.87. The van der Waals surface area contributed by atoms with Crippen molar-refractivity contribution in [2.45, 2.75) is 33.4 Å². The van der Waals surface area contributed by atoms with Crippen molar-refractivity contribution < 1.29 is 0 Å². The number of rotatable bonds is 5. The van der Waals surface area contributed by atoms with Gasteiger partial charge in [-0.3, -0.25) is 0 Å². The van der Waals surface area contributed by atoms with Crippen LogP contribution in [0.15, 0.2) is 23.3 Å². The fraction of sp³-hybridized carbons (Fsp3) is 0.571. The number of pyridine rings is 1. The highest BCUT2D eigenvalue weighted by molar-refractivity contribution is 5.80. The van der Waals surface area contributed by atoms with Crippen LogP contribution in [-0.2, 0) is 6.54 Å². The van der Waals surface area contributed by atoms with Gasteiger partial charge in [-0.25, -0.2) is 9.98 Å². The molecule has 1 aromatic heterocycles. The van der Waals surface area contributed by atoms with Gasteiger partial charge in [0.1, 0.15) is 5.82 Å². The van der Waals surface area contributed by atoms with E-state index in [-0.39, 0.29) is 0 Å². The molecule has 0 radical (unpaired) electrons. The van der Waals surface area contributed by atoms with Gasteiger partial charge in [0.2, 0.25) is 0 Å². The molecule has 0 fully saturated rings. The lowest BCUT2D eigenvalue weighted by atomic mass is 10.2. The molecule has 0 aromatic carbocycles. The number of aromatic nitrogens is 1. The van der Waals surface area contributed by atoms with Gasteiger partial charge in [-0.1, -0.05) is 6.07 Å². The molecule has 2 N–H and O–H groups in total. The molecule has 0 saturated heterocycles. The lowest BCUT2D eigenvalue weighted by molar-refractivity contribution is 0.700. The van der Waals surface area contributed by atoms with Gasteiger partial charge in [-0.2, -0.15) is 0 Å². The van der Waals surface area contributed by atoms with E-state index in [2.05, 4.69) is 47.4 Å². The second-order valence-electron chi connectivity index (χ2n) is 4.87. The summed E-state index contributed by atoms with van der Waals surface area (Å²) in [5, 5.41) is 6.54. The fourth-order valence-electron chi connectivity index (χ4n) is 1.71. The Hall–Kier alpha value is -1.78. The molecule has 0 unspecified atom stereocenters. The highest BCUT2D eigenvalue weighted by atomic mass is 15.2.